The third-order valence-corrected chi connectivity index (χ3v) is 5.91. The number of carbonyl (C=O) groups excluding carboxylic acids is 2. The summed E-state index contributed by atoms with van der Waals surface area (Å²) >= 11 is 3.57. The molecule has 0 saturated carbocycles. The van der Waals surface area contributed by atoms with Crippen molar-refractivity contribution in [2.75, 3.05) is 4.90 Å². The Labute approximate surface area is 150 Å². The molecule has 0 aromatic heterocycles. The molecule has 1 aromatic rings. The van der Waals surface area contributed by atoms with Gasteiger partial charge in [-0.1, -0.05) is 15.9 Å². The first-order valence-corrected chi connectivity index (χ1v) is 9.29. The summed E-state index contributed by atoms with van der Waals surface area (Å²) in [5, 5.41) is 0. The Morgan fingerprint density at radius 3 is 2.29 bits per heavy atom. The second-order valence-electron chi connectivity index (χ2n) is 7.35. The normalized spacial score (nSPS) is 22.4. The molecule has 5 heteroatoms. The fourth-order valence-corrected chi connectivity index (χ4v) is 4.34. The second-order valence-corrected chi connectivity index (χ2v) is 8.20. The van der Waals surface area contributed by atoms with Crippen LogP contribution in [0.2, 0.25) is 0 Å². The maximum atomic E-state index is 12.9. The first-order valence-electron chi connectivity index (χ1n) is 8.50. The van der Waals surface area contributed by atoms with Crippen LogP contribution >= 0.6 is 15.9 Å². The quantitative estimate of drug-likeness (QED) is 0.672. The molecule has 0 unspecified atom stereocenters. The van der Waals surface area contributed by atoms with E-state index in [9.17, 15) is 9.59 Å². The Kier molecular flexibility index (Phi) is 3.60. The number of rotatable bonds is 1. The molecule has 24 heavy (non-hydrogen) atoms. The summed E-state index contributed by atoms with van der Waals surface area (Å²) in [5.41, 5.74) is 2.74. The molecule has 2 amide bonds. The molecule has 0 spiro atoms. The SMILES string of the molecule is CC1(C)CCc2c(Br)ccc(N3C(=O)C4=C(CCCC4)C3=O)c2O1. The smallest absolute Gasteiger partial charge is 0.261 e. The number of nitrogens with zero attached hydrogens (tertiary/aromatic N) is 1. The Hall–Kier alpha value is -1.62. The second kappa shape index (κ2) is 5.45. The van der Waals surface area contributed by atoms with Crippen molar-refractivity contribution >= 4 is 33.4 Å². The molecule has 4 nitrogen and oxygen atoms in total. The highest BCUT2D eigenvalue weighted by Gasteiger charge is 2.42. The van der Waals surface area contributed by atoms with Crippen LogP contribution in [0, 0.1) is 0 Å². The topological polar surface area (TPSA) is 46.6 Å². The van der Waals surface area contributed by atoms with Crippen molar-refractivity contribution < 1.29 is 14.3 Å². The number of carbonyl (C=O) groups is 2. The fraction of sp³-hybridized carbons (Fsp3) is 0.474. The summed E-state index contributed by atoms with van der Waals surface area (Å²) in [6, 6.07) is 3.73. The van der Waals surface area contributed by atoms with Crippen molar-refractivity contribution in [1.29, 1.82) is 0 Å². The van der Waals surface area contributed by atoms with E-state index in [-0.39, 0.29) is 17.4 Å². The van der Waals surface area contributed by atoms with Gasteiger partial charge in [0.05, 0.1) is 5.69 Å². The molecule has 0 saturated heterocycles. The van der Waals surface area contributed by atoms with E-state index < -0.39 is 0 Å². The van der Waals surface area contributed by atoms with E-state index in [0.717, 1.165) is 35.7 Å². The van der Waals surface area contributed by atoms with Crippen molar-refractivity contribution in [3.8, 4) is 5.75 Å². The van der Waals surface area contributed by atoms with Crippen molar-refractivity contribution in [3.05, 3.63) is 33.3 Å². The van der Waals surface area contributed by atoms with Crippen LogP contribution in [0.1, 0.15) is 51.5 Å². The first kappa shape index (κ1) is 15.9. The van der Waals surface area contributed by atoms with E-state index in [1.165, 1.54) is 4.90 Å². The number of fused-ring (bicyclic) bond motifs is 1. The zero-order valence-corrected chi connectivity index (χ0v) is 15.5. The zero-order chi connectivity index (χ0) is 17.1. The molecule has 0 radical (unpaired) electrons. The number of hydrogen-bond acceptors (Lipinski definition) is 3. The molecule has 0 bridgehead atoms. The van der Waals surface area contributed by atoms with Gasteiger partial charge in [0.1, 0.15) is 11.4 Å². The third kappa shape index (κ3) is 2.32. The van der Waals surface area contributed by atoms with Gasteiger partial charge in [-0.25, -0.2) is 4.90 Å². The van der Waals surface area contributed by atoms with Gasteiger partial charge < -0.3 is 4.74 Å². The minimum Gasteiger partial charge on any atom is -0.485 e. The summed E-state index contributed by atoms with van der Waals surface area (Å²) in [5.74, 6) is 0.347. The van der Waals surface area contributed by atoms with Crippen molar-refractivity contribution in [2.24, 2.45) is 0 Å². The lowest BCUT2D eigenvalue weighted by Gasteiger charge is -2.35. The third-order valence-electron chi connectivity index (χ3n) is 5.17. The van der Waals surface area contributed by atoms with E-state index in [0.29, 0.717) is 35.4 Å². The zero-order valence-electron chi connectivity index (χ0n) is 13.9. The molecule has 1 aromatic carbocycles. The Morgan fingerprint density at radius 2 is 1.67 bits per heavy atom. The highest BCUT2D eigenvalue weighted by atomic mass is 79.9. The molecule has 2 aliphatic heterocycles. The Balaban J connectivity index is 1.81. The lowest BCUT2D eigenvalue weighted by atomic mass is 9.93. The van der Waals surface area contributed by atoms with Gasteiger partial charge in [-0.05, 0) is 64.5 Å². The van der Waals surface area contributed by atoms with E-state index in [2.05, 4.69) is 15.9 Å². The van der Waals surface area contributed by atoms with Crippen LogP contribution in [0.3, 0.4) is 0 Å². The maximum Gasteiger partial charge on any atom is 0.261 e. The average Bonchev–Trinajstić information content (AvgIpc) is 2.79. The van der Waals surface area contributed by atoms with Gasteiger partial charge in [0.2, 0.25) is 0 Å². The number of amides is 2. The Morgan fingerprint density at radius 1 is 1.04 bits per heavy atom. The summed E-state index contributed by atoms with van der Waals surface area (Å²) < 4.78 is 7.17. The summed E-state index contributed by atoms with van der Waals surface area (Å²) in [6.07, 6.45) is 5.14. The standard InChI is InChI=1S/C19H20BrNO3/c1-19(2)10-9-13-14(20)7-8-15(16(13)24-19)21-17(22)11-5-3-4-6-12(11)18(21)23/h7-8H,3-6,9-10H2,1-2H3. The number of benzene rings is 1. The lowest BCUT2D eigenvalue weighted by Crippen LogP contribution is -2.36. The highest BCUT2D eigenvalue weighted by Crippen LogP contribution is 2.46. The molecule has 0 N–H and O–H groups in total. The van der Waals surface area contributed by atoms with Crippen LogP contribution in [-0.4, -0.2) is 17.4 Å². The molecular weight excluding hydrogens is 370 g/mol. The van der Waals surface area contributed by atoms with E-state index in [1.807, 2.05) is 26.0 Å². The number of anilines is 1. The minimum absolute atomic E-state index is 0.161. The number of halogens is 1. The van der Waals surface area contributed by atoms with Gasteiger partial charge in [-0.3, -0.25) is 9.59 Å². The molecule has 3 aliphatic rings. The summed E-state index contributed by atoms with van der Waals surface area (Å²) in [7, 11) is 0. The van der Waals surface area contributed by atoms with E-state index >= 15 is 0 Å². The van der Waals surface area contributed by atoms with E-state index in [4.69, 9.17) is 4.74 Å². The van der Waals surface area contributed by atoms with Gasteiger partial charge in [0.15, 0.2) is 0 Å². The minimum atomic E-state index is -0.304. The van der Waals surface area contributed by atoms with Gasteiger partial charge in [-0.2, -0.15) is 0 Å². The van der Waals surface area contributed by atoms with Crippen molar-refractivity contribution in [2.45, 2.75) is 58.0 Å². The van der Waals surface area contributed by atoms with Gasteiger partial charge >= 0.3 is 0 Å². The molecular formula is C19H20BrNO3. The first-order chi connectivity index (χ1) is 11.4. The van der Waals surface area contributed by atoms with Crippen molar-refractivity contribution in [3.63, 3.8) is 0 Å². The summed E-state index contributed by atoms with van der Waals surface area (Å²) in [6.45, 7) is 4.08. The van der Waals surface area contributed by atoms with Gasteiger partial charge in [0.25, 0.3) is 11.8 Å². The van der Waals surface area contributed by atoms with Crippen LogP contribution in [0.5, 0.6) is 5.75 Å². The molecule has 1 aliphatic carbocycles. The van der Waals surface area contributed by atoms with Crippen LogP contribution in [0.15, 0.2) is 27.8 Å². The van der Waals surface area contributed by atoms with E-state index in [1.54, 1.807) is 0 Å². The number of ether oxygens (including phenoxy) is 1. The summed E-state index contributed by atoms with van der Waals surface area (Å²) in [4.78, 5) is 27.1. The van der Waals surface area contributed by atoms with Crippen LogP contribution < -0.4 is 9.64 Å². The van der Waals surface area contributed by atoms with Crippen molar-refractivity contribution in [1.82, 2.24) is 0 Å². The van der Waals surface area contributed by atoms with Crippen LogP contribution in [-0.2, 0) is 16.0 Å². The fourth-order valence-electron chi connectivity index (χ4n) is 3.83. The average molecular weight is 390 g/mol. The predicted molar refractivity (Wildman–Crippen MR) is 95.2 cm³/mol. The maximum absolute atomic E-state index is 12.9. The van der Waals surface area contributed by atoms with Gasteiger partial charge in [0, 0.05) is 21.2 Å². The monoisotopic (exact) mass is 389 g/mol. The predicted octanol–water partition coefficient (Wildman–Crippen LogP) is 4.30. The molecule has 0 fully saturated rings. The number of hydrogen-bond donors (Lipinski definition) is 0. The molecule has 2 heterocycles. The Bertz CT molecular complexity index is 766. The molecule has 0 atom stereocenters. The highest BCUT2D eigenvalue weighted by molar-refractivity contribution is 9.10. The van der Waals surface area contributed by atoms with Gasteiger partial charge in [-0.15, -0.1) is 0 Å². The number of imide groups is 1. The lowest BCUT2D eigenvalue weighted by molar-refractivity contribution is -0.120. The van der Waals surface area contributed by atoms with Crippen LogP contribution in [0.25, 0.3) is 0 Å². The molecule has 126 valence electrons. The van der Waals surface area contributed by atoms with Crippen LogP contribution in [0.4, 0.5) is 5.69 Å². The largest absolute Gasteiger partial charge is 0.485 e. The molecule has 4 rings (SSSR count).